The van der Waals surface area contributed by atoms with Gasteiger partial charge in [0.2, 0.25) is 0 Å². The smallest absolute Gasteiger partial charge is 0.164 e. The summed E-state index contributed by atoms with van der Waals surface area (Å²) in [6.45, 7) is 2.88. The van der Waals surface area contributed by atoms with Crippen LogP contribution in [0.25, 0.3) is 0 Å². The summed E-state index contributed by atoms with van der Waals surface area (Å²) >= 11 is 0. The number of aryl methyl sites for hydroxylation is 3. The Balaban J connectivity index is 1.95. The van der Waals surface area contributed by atoms with E-state index < -0.39 is 0 Å². The molecule has 0 saturated heterocycles. The number of ketones is 1. The van der Waals surface area contributed by atoms with Gasteiger partial charge in [-0.05, 0) is 12.5 Å². The van der Waals surface area contributed by atoms with Gasteiger partial charge in [0.05, 0.1) is 0 Å². The van der Waals surface area contributed by atoms with Crippen molar-refractivity contribution in [2.24, 2.45) is 7.05 Å². The first kappa shape index (κ1) is 12.6. The highest BCUT2D eigenvalue weighted by molar-refractivity contribution is 5.95. The molecule has 0 aromatic carbocycles. The summed E-state index contributed by atoms with van der Waals surface area (Å²) in [5, 5.41) is 0. The van der Waals surface area contributed by atoms with Crippen molar-refractivity contribution in [2.45, 2.75) is 32.7 Å². The molecule has 0 unspecified atom stereocenters. The van der Waals surface area contributed by atoms with Crippen LogP contribution in [0.15, 0.2) is 30.9 Å². The molecule has 4 heteroatoms. The van der Waals surface area contributed by atoms with Gasteiger partial charge in [-0.25, -0.2) is 4.98 Å². The van der Waals surface area contributed by atoms with Gasteiger partial charge in [0.15, 0.2) is 5.78 Å². The Bertz CT molecular complexity index is 525. The van der Waals surface area contributed by atoms with Crippen LogP contribution in [0.4, 0.5) is 0 Å². The lowest BCUT2D eigenvalue weighted by Crippen LogP contribution is -2.04. The molecule has 4 nitrogen and oxygen atoms in total. The number of carbonyl (C=O) groups is 1. The Labute approximate surface area is 107 Å². The van der Waals surface area contributed by atoms with E-state index >= 15 is 0 Å². The van der Waals surface area contributed by atoms with E-state index in [1.54, 1.807) is 6.20 Å². The first-order valence-corrected chi connectivity index (χ1v) is 6.36. The maximum atomic E-state index is 11.7. The lowest BCUT2D eigenvalue weighted by Gasteiger charge is -2.03. The lowest BCUT2D eigenvalue weighted by atomic mass is 10.1. The minimum absolute atomic E-state index is 0.230. The number of Topliss-reactive ketones (excluding diaryl/α,β-unsaturated/α-hetero) is 1. The molecular formula is C14H19N3O. The van der Waals surface area contributed by atoms with Crippen LogP contribution < -0.4 is 0 Å². The monoisotopic (exact) mass is 245 g/mol. The van der Waals surface area contributed by atoms with Crippen LogP contribution in [-0.2, 0) is 20.0 Å². The van der Waals surface area contributed by atoms with Crippen LogP contribution >= 0.6 is 0 Å². The number of aromatic nitrogens is 3. The van der Waals surface area contributed by atoms with Gasteiger partial charge in [0.1, 0.15) is 5.82 Å². The largest absolute Gasteiger partial charge is 0.353 e. The van der Waals surface area contributed by atoms with Gasteiger partial charge in [0, 0.05) is 56.8 Å². The molecule has 0 amide bonds. The third-order valence-corrected chi connectivity index (χ3v) is 3.06. The van der Waals surface area contributed by atoms with E-state index in [0.29, 0.717) is 6.42 Å². The predicted molar refractivity (Wildman–Crippen MR) is 70.6 cm³/mol. The van der Waals surface area contributed by atoms with E-state index in [9.17, 15) is 4.79 Å². The van der Waals surface area contributed by atoms with Crippen LogP contribution in [0.1, 0.15) is 35.9 Å². The van der Waals surface area contributed by atoms with E-state index in [1.807, 2.05) is 43.2 Å². The van der Waals surface area contributed by atoms with E-state index in [1.165, 1.54) is 0 Å². The van der Waals surface area contributed by atoms with Crippen LogP contribution in [0, 0.1) is 0 Å². The van der Waals surface area contributed by atoms with E-state index in [2.05, 4.69) is 9.55 Å². The SMILES string of the molecule is CCCC(=O)c1ccn(CCc2nccn2C)c1. The molecule has 0 fully saturated rings. The van der Waals surface area contributed by atoms with E-state index in [0.717, 1.165) is 30.8 Å². The summed E-state index contributed by atoms with van der Waals surface area (Å²) in [6.07, 6.45) is 10.1. The molecule has 0 atom stereocenters. The Hall–Kier alpha value is -1.84. The molecule has 2 rings (SSSR count). The number of imidazole rings is 1. The zero-order chi connectivity index (χ0) is 13.0. The van der Waals surface area contributed by atoms with Gasteiger partial charge < -0.3 is 9.13 Å². The van der Waals surface area contributed by atoms with E-state index in [-0.39, 0.29) is 5.78 Å². The van der Waals surface area contributed by atoms with Crippen molar-refractivity contribution in [3.8, 4) is 0 Å². The third-order valence-electron chi connectivity index (χ3n) is 3.06. The summed E-state index contributed by atoms with van der Waals surface area (Å²) in [4.78, 5) is 16.0. The van der Waals surface area contributed by atoms with Gasteiger partial charge in [-0.15, -0.1) is 0 Å². The number of hydrogen-bond donors (Lipinski definition) is 0. The summed E-state index contributed by atoms with van der Waals surface area (Å²) in [6, 6.07) is 1.90. The highest BCUT2D eigenvalue weighted by atomic mass is 16.1. The normalized spacial score (nSPS) is 10.8. The van der Waals surface area contributed by atoms with Crippen molar-refractivity contribution in [2.75, 3.05) is 0 Å². The summed E-state index contributed by atoms with van der Waals surface area (Å²) in [7, 11) is 1.99. The Morgan fingerprint density at radius 2 is 2.22 bits per heavy atom. The highest BCUT2D eigenvalue weighted by Gasteiger charge is 2.06. The van der Waals surface area contributed by atoms with Gasteiger partial charge >= 0.3 is 0 Å². The molecule has 0 aliphatic rings. The molecule has 2 aromatic rings. The fraction of sp³-hybridized carbons (Fsp3) is 0.429. The van der Waals surface area contributed by atoms with Crippen LogP contribution in [0.5, 0.6) is 0 Å². The fourth-order valence-electron chi connectivity index (χ4n) is 1.98. The van der Waals surface area contributed by atoms with Gasteiger partial charge in [-0.3, -0.25) is 4.79 Å². The molecule has 2 heterocycles. The Morgan fingerprint density at radius 1 is 1.39 bits per heavy atom. The number of rotatable bonds is 6. The van der Waals surface area contributed by atoms with Crippen molar-refractivity contribution in [3.05, 3.63) is 42.2 Å². The standard InChI is InChI=1S/C14H19N3O/c1-3-4-13(18)12-5-8-17(11-12)9-6-14-15-7-10-16(14)2/h5,7-8,10-11H,3-4,6,9H2,1-2H3. The topological polar surface area (TPSA) is 39.8 Å². The maximum absolute atomic E-state index is 11.7. The number of hydrogen-bond acceptors (Lipinski definition) is 2. The summed E-state index contributed by atoms with van der Waals surface area (Å²) in [5.74, 6) is 1.29. The lowest BCUT2D eigenvalue weighted by molar-refractivity contribution is 0.0981. The zero-order valence-corrected chi connectivity index (χ0v) is 11.0. The second kappa shape index (κ2) is 5.67. The summed E-state index contributed by atoms with van der Waals surface area (Å²) < 4.78 is 4.07. The second-order valence-electron chi connectivity index (χ2n) is 4.52. The second-order valence-corrected chi connectivity index (χ2v) is 4.52. The van der Waals surface area contributed by atoms with Crippen molar-refractivity contribution in [1.29, 1.82) is 0 Å². The highest BCUT2D eigenvalue weighted by Crippen LogP contribution is 2.07. The van der Waals surface area contributed by atoms with Crippen molar-refractivity contribution in [1.82, 2.24) is 14.1 Å². The molecule has 0 spiro atoms. The van der Waals surface area contributed by atoms with Crippen LogP contribution in [0.2, 0.25) is 0 Å². The first-order chi connectivity index (χ1) is 8.70. The number of carbonyl (C=O) groups excluding carboxylic acids is 1. The average molecular weight is 245 g/mol. The predicted octanol–water partition coefficient (Wildman–Crippen LogP) is 2.45. The zero-order valence-electron chi connectivity index (χ0n) is 11.0. The minimum atomic E-state index is 0.230. The van der Waals surface area contributed by atoms with Gasteiger partial charge in [-0.1, -0.05) is 6.92 Å². The molecule has 0 N–H and O–H groups in total. The van der Waals surface area contributed by atoms with Crippen molar-refractivity contribution < 1.29 is 4.79 Å². The minimum Gasteiger partial charge on any atom is -0.353 e. The van der Waals surface area contributed by atoms with Crippen molar-refractivity contribution in [3.63, 3.8) is 0 Å². The van der Waals surface area contributed by atoms with Crippen molar-refractivity contribution >= 4 is 5.78 Å². The molecule has 96 valence electrons. The molecule has 0 aliphatic carbocycles. The molecule has 18 heavy (non-hydrogen) atoms. The molecule has 0 saturated carbocycles. The maximum Gasteiger partial charge on any atom is 0.164 e. The third kappa shape index (κ3) is 2.88. The summed E-state index contributed by atoms with van der Waals surface area (Å²) in [5.41, 5.74) is 0.816. The van der Waals surface area contributed by atoms with Crippen LogP contribution in [0.3, 0.4) is 0 Å². The molecule has 0 radical (unpaired) electrons. The van der Waals surface area contributed by atoms with Gasteiger partial charge in [-0.2, -0.15) is 0 Å². The molecule has 0 bridgehead atoms. The average Bonchev–Trinajstić information content (AvgIpc) is 2.96. The van der Waals surface area contributed by atoms with E-state index in [4.69, 9.17) is 0 Å². The van der Waals surface area contributed by atoms with Gasteiger partial charge in [0.25, 0.3) is 0 Å². The quantitative estimate of drug-likeness (QED) is 0.733. The molecular weight excluding hydrogens is 226 g/mol. The molecule has 2 aromatic heterocycles. The van der Waals surface area contributed by atoms with Crippen LogP contribution in [-0.4, -0.2) is 19.9 Å². The molecule has 0 aliphatic heterocycles. The first-order valence-electron chi connectivity index (χ1n) is 6.36. The fourth-order valence-corrected chi connectivity index (χ4v) is 1.98. The Morgan fingerprint density at radius 3 is 2.89 bits per heavy atom. The Kier molecular flexibility index (Phi) is 3.97. The number of nitrogens with zero attached hydrogens (tertiary/aromatic N) is 3.